The zero-order chi connectivity index (χ0) is 22.5. The smallest absolute Gasteiger partial charge is 0.251 e. The molecule has 4 aromatic rings. The SMILES string of the molecule is Cc1ccccc1-n1c(SCc2ccc(C(=O)NCc3ccco3)cc2)nnc1C(C)C. The van der Waals surface area contributed by atoms with Crippen LogP contribution in [0, 0.1) is 6.92 Å². The van der Waals surface area contributed by atoms with Crippen molar-refractivity contribution in [1.82, 2.24) is 20.1 Å². The molecular formula is C25H26N4O2S. The lowest BCUT2D eigenvalue weighted by Crippen LogP contribution is -2.22. The number of amides is 1. The number of hydrogen-bond acceptors (Lipinski definition) is 5. The molecule has 1 N–H and O–H groups in total. The summed E-state index contributed by atoms with van der Waals surface area (Å²) >= 11 is 1.64. The predicted molar refractivity (Wildman–Crippen MR) is 126 cm³/mol. The molecule has 0 saturated heterocycles. The average Bonchev–Trinajstić information content (AvgIpc) is 3.47. The van der Waals surface area contributed by atoms with E-state index in [9.17, 15) is 4.79 Å². The number of carbonyl (C=O) groups excluding carboxylic acids is 1. The summed E-state index contributed by atoms with van der Waals surface area (Å²) in [4.78, 5) is 12.4. The van der Waals surface area contributed by atoms with Gasteiger partial charge in [0, 0.05) is 17.2 Å². The van der Waals surface area contributed by atoms with Gasteiger partial charge in [0.05, 0.1) is 18.5 Å². The summed E-state index contributed by atoms with van der Waals surface area (Å²) < 4.78 is 7.40. The van der Waals surface area contributed by atoms with E-state index in [1.807, 2.05) is 42.5 Å². The van der Waals surface area contributed by atoms with Crippen molar-refractivity contribution < 1.29 is 9.21 Å². The summed E-state index contributed by atoms with van der Waals surface area (Å²) in [5.41, 5.74) is 4.02. The van der Waals surface area contributed by atoms with Gasteiger partial charge in [-0.1, -0.05) is 55.9 Å². The fraction of sp³-hybridized carbons (Fsp3) is 0.240. The highest BCUT2D eigenvalue weighted by Gasteiger charge is 2.18. The van der Waals surface area contributed by atoms with Crippen molar-refractivity contribution >= 4 is 17.7 Å². The largest absolute Gasteiger partial charge is 0.467 e. The zero-order valence-electron chi connectivity index (χ0n) is 18.4. The van der Waals surface area contributed by atoms with Crippen LogP contribution >= 0.6 is 11.8 Å². The Bertz CT molecular complexity index is 1180. The third-order valence-electron chi connectivity index (χ3n) is 5.12. The molecule has 0 spiro atoms. The standard InChI is InChI=1S/C25H26N4O2S/c1-17(2)23-27-28-25(29(23)22-9-5-4-7-18(22)3)32-16-19-10-12-20(13-11-19)24(30)26-15-21-8-6-14-31-21/h4-14,17H,15-16H2,1-3H3,(H,26,30). The highest BCUT2D eigenvalue weighted by atomic mass is 32.2. The molecule has 0 fully saturated rings. The van der Waals surface area contributed by atoms with Gasteiger partial charge in [-0.05, 0) is 48.4 Å². The molecule has 0 unspecified atom stereocenters. The molecule has 2 heterocycles. The molecule has 164 valence electrons. The van der Waals surface area contributed by atoms with Crippen LogP contribution in [0.15, 0.2) is 76.5 Å². The second-order valence-corrected chi connectivity index (χ2v) is 8.81. The lowest BCUT2D eigenvalue weighted by Gasteiger charge is -2.14. The lowest BCUT2D eigenvalue weighted by molar-refractivity contribution is 0.0948. The Morgan fingerprint density at radius 2 is 1.84 bits per heavy atom. The monoisotopic (exact) mass is 446 g/mol. The Morgan fingerprint density at radius 3 is 2.53 bits per heavy atom. The number of hydrogen-bond donors (Lipinski definition) is 1. The van der Waals surface area contributed by atoms with Crippen molar-refractivity contribution in [2.75, 3.05) is 0 Å². The maximum absolute atomic E-state index is 12.4. The first kappa shape index (κ1) is 21.9. The van der Waals surface area contributed by atoms with Crippen molar-refractivity contribution in [2.45, 2.75) is 44.1 Å². The fourth-order valence-corrected chi connectivity index (χ4v) is 4.28. The number of para-hydroxylation sites is 1. The van der Waals surface area contributed by atoms with Gasteiger partial charge in [0.1, 0.15) is 11.6 Å². The normalized spacial score (nSPS) is 11.1. The molecule has 0 aliphatic rings. The Hall–Kier alpha value is -3.32. The number of aryl methyl sites for hydroxylation is 1. The molecular weight excluding hydrogens is 420 g/mol. The van der Waals surface area contributed by atoms with E-state index in [0.29, 0.717) is 12.1 Å². The van der Waals surface area contributed by atoms with E-state index in [2.05, 4.69) is 53.0 Å². The molecule has 0 radical (unpaired) electrons. The summed E-state index contributed by atoms with van der Waals surface area (Å²) in [6, 6.07) is 19.6. The van der Waals surface area contributed by atoms with Gasteiger partial charge < -0.3 is 9.73 Å². The third kappa shape index (κ3) is 4.94. The first-order valence-corrected chi connectivity index (χ1v) is 11.5. The maximum atomic E-state index is 12.4. The van der Waals surface area contributed by atoms with Gasteiger partial charge in [-0.3, -0.25) is 9.36 Å². The third-order valence-corrected chi connectivity index (χ3v) is 6.12. The number of thioether (sulfide) groups is 1. The predicted octanol–water partition coefficient (Wildman–Crippen LogP) is 5.51. The quantitative estimate of drug-likeness (QED) is 0.361. The van der Waals surface area contributed by atoms with Crippen LogP contribution < -0.4 is 5.32 Å². The number of nitrogens with one attached hydrogen (secondary N) is 1. The number of carbonyl (C=O) groups is 1. The van der Waals surface area contributed by atoms with E-state index < -0.39 is 0 Å². The van der Waals surface area contributed by atoms with Gasteiger partial charge in [-0.15, -0.1) is 10.2 Å². The summed E-state index contributed by atoms with van der Waals surface area (Å²) in [7, 11) is 0. The van der Waals surface area contributed by atoms with Crippen LogP contribution in [0.1, 0.15) is 52.8 Å². The molecule has 0 aliphatic heterocycles. The maximum Gasteiger partial charge on any atom is 0.251 e. The molecule has 4 rings (SSSR count). The van der Waals surface area contributed by atoms with Crippen LogP contribution in [0.4, 0.5) is 0 Å². The molecule has 2 aromatic carbocycles. The molecule has 0 atom stereocenters. The Labute approximate surface area is 192 Å². The number of rotatable bonds is 8. The van der Waals surface area contributed by atoms with Crippen molar-refractivity contribution in [1.29, 1.82) is 0 Å². The second-order valence-electron chi connectivity index (χ2n) is 7.87. The molecule has 6 nitrogen and oxygen atoms in total. The fourth-order valence-electron chi connectivity index (χ4n) is 3.37. The minimum Gasteiger partial charge on any atom is -0.467 e. The highest BCUT2D eigenvalue weighted by Crippen LogP contribution is 2.29. The molecule has 0 aliphatic carbocycles. The van der Waals surface area contributed by atoms with E-state index in [4.69, 9.17) is 4.42 Å². The number of benzene rings is 2. The van der Waals surface area contributed by atoms with Gasteiger partial charge in [0.25, 0.3) is 5.91 Å². The van der Waals surface area contributed by atoms with Crippen LogP contribution in [-0.2, 0) is 12.3 Å². The first-order chi connectivity index (χ1) is 15.5. The number of furan rings is 1. The molecule has 1 amide bonds. The van der Waals surface area contributed by atoms with Gasteiger partial charge in [0.2, 0.25) is 0 Å². The van der Waals surface area contributed by atoms with Crippen LogP contribution in [0.3, 0.4) is 0 Å². The summed E-state index contributed by atoms with van der Waals surface area (Å²) in [6.07, 6.45) is 1.60. The topological polar surface area (TPSA) is 73.0 Å². The van der Waals surface area contributed by atoms with Gasteiger partial charge in [-0.25, -0.2) is 0 Å². The lowest BCUT2D eigenvalue weighted by atomic mass is 10.1. The molecule has 0 saturated carbocycles. The van der Waals surface area contributed by atoms with E-state index in [0.717, 1.165) is 33.7 Å². The minimum atomic E-state index is -0.124. The van der Waals surface area contributed by atoms with Crippen molar-refractivity contribution in [3.05, 3.63) is 95.2 Å². The summed E-state index contributed by atoms with van der Waals surface area (Å²) in [6.45, 7) is 6.73. The summed E-state index contributed by atoms with van der Waals surface area (Å²) in [5.74, 6) is 2.54. The van der Waals surface area contributed by atoms with Crippen molar-refractivity contribution in [3.63, 3.8) is 0 Å². The molecule has 2 aromatic heterocycles. The zero-order valence-corrected chi connectivity index (χ0v) is 19.2. The van der Waals surface area contributed by atoms with E-state index >= 15 is 0 Å². The Morgan fingerprint density at radius 1 is 1.06 bits per heavy atom. The van der Waals surface area contributed by atoms with Gasteiger partial charge in [0.15, 0.2) is 5.16 Å². The summed E-state index contributed by atoms with van der Waals surface area (Å²) in [5, 5.41) is 12.7. The van der Waals surface area contributed by atoms with Gasteiger partial charge in [-0.2, -0.15) is 0 Å². The van der Waals surface area contributed by atoms with Crippen LogP contribution in [0.5, 0.6) is 0 Å². The number of nitrogens with zero attached hydrogens (tertiary/aromatic N) is 3. The highest BCUT2D eigenvalue weighted by molar-refractivity contribution is 7.98. The first-order valence-electron chi connectivity index (χ1n) is 10.6. The van der Waals surface area contributed by atoms with E-state index in [1.165, 1.54) is 5.56 Å². The van der Waals surface area contributed by atoms with E-state index in [1.54, 1.807) is 24.1 Å². The van der Waals surface area contributed by atoms with Crippen LogP contribution in [0.2, 0.25) is 0 Å². The second kappa shape index (κ2) is 9.87. The van der Waals surface area contributed by atoms with Gasteiger partial charge >= 0.3 is 0 Å². The Balaban J connectivity index is 1.45. The molecule has 0 bridgehead atoms. The minimum absolute atomic E-state index is 0.124. The van der Waals surface area contributed by atoms with Crippen molar-refractivity contribution in [2.24, 2.45) is 0 Å². The Kier molecular flexibility index (Phi) is 6.75. The number of aromatic nitrogens is 3. The van der Waals surface area contributed by atoms with Crippen molar-refractivity contribution in [3.8, 4) is 5.69 Å². The average molecular weight is 447 g/mol. The van der Waals surface area contributed by atoms with Crippen LogP contribution in [-0.4, -0.2) is 20.7 Å². The van der Waals surface area contributed by atoms with Crippen LogP contribution in [0.25, 0.3) is 5.69 Å². The molecule has 7 heteroatoms. The molecule has 32 heavy (non-hydrogen) atoms. The van der Waals surface area contributed by atoms with E-state index in [-0.39, 0.29) is 11.8 Å².